The van der Waals surface area contributed by atoms with Gasteiger partial charge >= 0.3 is 0 Å². The Labute approximate surface area is 158 Å². The average Bonchev–Trinajstić information content (AvgIpc) is 2.65. The molecule has 1 atom stereocenters. The smallest absolute Gasteiger partial charge is 0.241 e. The van der Waals surface area contributed by atoms with E-state index in [0.717, 1.165) is 16.1 Å². The van der Waals surface area contributed by atoms with Crippen LogP contribution in [0.3, 0.4) is 0 Å². The van der Waals surface area contributed by atoms with Crippen LogP contribution in [0, 0.1) is 0 Å². The third-order valence-corrected chi connectivity index (χ3v) is 5.32. The van der Waals surface area contributed by atoms with Crippen LogP contribution in [0.15, 0.2) is 48.5 Å². The number of amides is 1. The molecule has 1 unspecified atom stereocenters. The van der Waals surface area contributed by atoms with E-state index >= 15 is 0 Å². The molecule has 7 nitrogen and oxygen atoms in total. The second kappa shape index (κ2) is 7.87. The van der Waals surface area contributed by atoms with E-state index in [-0.39, 0.29) is 12.6 Å². The molecular formula is C19H22N2O5S. The van der Waals surface area contributed by atoms with E-state index in [0.29, 0.717) is 30.4 Å². The van der Waals surface area contributed by atoms with Gasteiger partial charge in [-0.25, -0.2) is 8.42 Å². The van der Waals surface area contributed by atoms with Gasteiger partial charge in [0, 0.05) is 0 Å². The van der Waals surface area contributed by atoms with Gasteiger partial charge in [-0.05, 0) is 36.8 Å². The third-order valence-electron chi connectivity index (χ3n) is 4.18. The van der Waals surface area contributed by atoms with Crippen molar-refractivity contribution in [3.8, 4) is 11.5 Å². The lowest BCUT2D eigenvalue weighted by Crippen LogP contribution is -2.41. The molecule has 144 valence electrons. The standard InChI is InChI=1S/C19H22N2O5S/c1-14(15-8-9-17-18(12-15)26-11-10-25-17)20-19(22)13-21(27(2,23)24)16-6-4-3-5-7-16/h3-9,12,14H,10-11,13H2,1-2H3,(H,20,22). The van der Waals surface area contributed by atoms with Crippen LogP contribution >= 0.6 is 0 Å². The van der Waals surface area contributed by atoms with Crippen molar-refractivity contribution in [2.75, 3.05) is 30.3 Å². The molecule has 0 radical (unpaired) electrons. The van der Waals surface area contributed by atoms with Crippen molar-refractivity contribution >= 4 is 21.6 Å². The topological polar surface area (TPSA) is 84.9 Å². The first-order chi connectivity index (χ1) is 12.8. The summed E-state index contributed by atoms with van der Waals surface area (Å²) in [5.74, 6) is 0.921. The molecule has 0 fully saturated rings. The molecule has 2 aromatic carbocycles. The van der Waals surface area contributed by atoms with Crippen molar-refractivity contribution in [1.29, 1.82) is 0 Å². The molecule has 1 N–H and O–H groups in total. The largest absolute Gasteiger partial charge is 0.486 e. The fraction of sp³-hybridized carbons (Fsp3) is 0.316. The number of fused-ring (bicyclic) bond motifs is 1. The summed E-state index contributed by atoms with van der Waals surface area (Å²) in [5, 5.41) is 2.83. The molecule has 0 saturated carbocycles. The number of nitrogens with one attached hydrogen (secondary N) is 1. The maximum atomic E-state index is 12.5. The Hall–Kier alpha value is -2.74. The third kappa shape index (κ3) is 4.71. The number of sulfonamides is 1. The van der Waals surface area contributed by atoms with Crippen molar-refractivity contribution in [3.63, 3.8) is 0 Å². The van der Waals surface area contributed by atoms with E-state index in [4.69, 9.17) is 9.47 Å². The summed E-state index contributed by atoms with van der Waals surface area (Å²) < 4.78 is 36.3. The lowest BCUT2D eigenvalue weighted by molar-refractivity contribution is -0.120. The first kappa shape index (κ1) is 19.0. The molecule has 0 aliphatic carbocycles. The lowest BCUT2D eigenvalue weighted by Gasteiger charge is -2.24. The highest BCUT2D eigenvalue weighted by Crippen LogP contribution is 2.32. The summed E-state index contributed by atoms with van der Waals surface area (Å²) in [5.41, 5.74) is 1.29. The normalized spacial score (nSPS) is 14.3. The van der Waals surface area contributed by atoms with Crippen LogP contribution in [-0.2, 0) is 14.8 Å². The van der Waals surface area contributed by atoms with E-state index in [2.05, 4.69) is 5.32 Å². The number of ether oxygens (including phenoxy) is 2. The first-order valence-electron chi connectivity index (χ1n) is 8.56. The Balaban J connectivity index is 1.70. The van der Waals surface area contributed by atoms with Crippen LogP contribution in [0.4, 0.5) is 5.69 Å². The Kier molecular flexibility index (Phi) is 5.55. The predicted octanol–water partition coefficient (Wildman–Crippen LogP) is 2.10. The molecule has 0 bridgehead atoms. The minimum Gasteiger partial charge on any atom is -0.486 e. The number of anilines is 1. The molecule has 8 heteroatoms. The zero-order chi connectivity index (χ0) is 19.4. The van der Waals surface area contributed by atoms with Crippen molar-refractivity contribution < 1.29 is 22.7 Å². The summed E-state index contributed by atoms with van der Waals surface area (Å²) in [6.07, 6.45) is 1.08. The maximum Gasteiger partial charge on any atom is 0.241 e. The fourth-order valence-corrected chi connectivity index (χ4v) is 3.68. The Bertz CT molecular complexity index is 915. The molecule has 1 heterocycles. The van der Waals surface area contributed by atoms with Crippen LogP contribution < -0.4 is 19.1 Å². The van der Waals surface area contributed by atoms with Gasteiger partial charge in [0.25, 0.3) is 0 Å². The van der Waals surface area contributed by atoms with Crippen LogP contribution in [0.2, 0.25) is 0 Å². The van der Waals surface area contributed by atoms with Gasteiger partial charge < -0.3 is 14.8 Å². The molecule has 2 aromatic rings. The molecule has 1 aliphatic rings. The summed E-state index contributed by atoms with van der Waals surface area (Å²) in [4.78, 5) is 12.5. The molecule has 3 rings (SSSR count). The first-order valence-corrected chi connectivity index (χ1v) is 10.4. The van der Waals surface area contributed by atoms with E-state index in [1.54, 1.807) is 36.4 Å². The second-order valence-corrected chi connectivity index (χ2v) is 8.20. The highest BCUT2D eigenvalue weighted by molar-refractivity contribution is 7.92. The van der Waals surface area contributed by atoms with E-state index in [1.165, 1.54) is 0 Å². The lowest BCUT2D eigenvalue weighted by atomic mass is 10.1. The highest BCUT2D eigenvalue weighted by atomic mass is 32.2. The monoisotopic (exact) mass is 390 g/mol. The quantitative estimate of drug-likeness (QED) is 0.817. The number of carbonyl (C=O) groups is 1. The average molecular weight is 390 g/mol. The van der Waals surface area contributed by atoms with Crippen molar-refractivity contribution in [2.24, 2.45) is 0 Å². The molecular weight excluding hydrogens is 368 g/mol. The van der Waals surface area contributed by atoms with Gasteiger partial charge in [-0.1, -0.05) is 24.3 Å². The molecule has 27 heavy (non-hydrogen) atoms. The van der Waals surface area contributed by atoms with Crippen molar-refractivity contribution in [2.45, 2.75) is 13.0 Å². The number of benzene rings is 2. The second-order valence-electron chi connectivity index (χ2n) is 6.30. The van der Waals surface area contributed by atoms with Crippen molar-refractivity contribution in [1.82, 2.24) is 5.32 Å². The van der Waals surface area contributed by atoms with Gasteiger partial charge in [-0.2, -0.15) is 0 Å². The van der Waals surface area contributed by atoms with Gasteiger partial charge in [-0.3, -0.25) is 9.10 Å². The zero-order valence-corrected chi connectivity index (χ0v) is 16.0. The molecule has 1 amide bonds. The predicted molar refractivity (Wildman–Crippen MR) is 103 cm³/mol. The fourth-order valence-electron chi connectivity index (χ4n) is 2.82. The highest BCUT2D eigenvalue weighted by Gasteiger charge is 2.22. The number of nitrogens with zero attached hydrogens (tertiary/aromatic N) is 1. The van der Waals surface area contributed by atoms with Gasteiger partial charge in [0.2, 0.25) is 15.9 Å². The van der Waals surface area contributed by atoms with E-state index < -0.39 is 15.9 Å². The van der Waals surface area contributed by atoms with Gasteiger partial charge in [0.05, 0.1) is 18.0 Å². The molecule has 1 aliphatic heterocycles. The van der Waals surface area contributed by atoms with Crippen LogP contribution in [0.5, 0.6) is 11.5 Å². The summed E-state index contributed by atoms with van der Waals surface area (Å²) >= 11 is 0. The molecule has 0 aromatic heterocycles. The number of para-hydroxylation sites is 1. The minimum atomic E-state index is -3.59. The number of carbonyl (C=O) groups excluding carboxylic acids is 1. The summed E-state index contributed by atoms with van der Waals surface area (Å²) in [6, 6.07) is 13.7. The molecule has 0 saturated heterocycles. The van der Waals surface area contributed by atoms with Crippen LogP contribution in [0.1, 0.15) is 18.5 Å². The van der Waals surface area contributed by atoms with Gasteiger partial charge in [0.15, 0.2) is 11.5 Å². The minimum absolute atomic E-state index is 0.294. The Morgan fingerprint density at radius 3 is 2.44 bits per heavy atom. The number of hydrogen-bond acceptors (Lipinski definition) is 5. The number of rotatable bonds is 6. The van der Waals surface area contributed by atoms with Gasteiger partial charge in [0.1, 0.15) is 19.8 Å². The molecule has 0 spiro atoms. The maximum absolute atomic E-state index is 12.5. The van der Waals surface area contributed by atoms with Crippen molar-refractivity contribution in [3.05, 3.63) is 54.1 Å². The number of hydrogen-bond donors (Lipinski definition) is 1. The van der Waals surface area contributed by atoms with E-state index in [9.17, 15) is 13.2 Å². The summed E-state index contributed by atoms with van der Waals surface area (Å²) in [6.45, 7) is 2.53. The van der Waals surface area contributed by atoms with Crippen LogP contribution in [-0.4, -0.2) is 40.3 Å². The van der Waals surface area contributed by atoms with Gasteiger partial charge in [-0.15, -0.1) is 0 Å². The SMILES string of the molecule is CC(NC(=O)CN(c1ccccc1)S(C)(=O)=O)c1ccc2c(c1)OCCO2. The Morgan fingerprint density at radius 2 is 1.78 bits per heavy atom. The summed E-state index contributed by atoms with van der Waals surface area (Å²) in [7, 11) is -3.59. The Morgan fingerprint density at radius 1 is 1.11 bits per heavy atom. The van der Waals surface area contributed by atoms with Crippen LogP contribution in [0.25, 0.3) is 0 Å². The van der Waals surface area contributed by atoms with E-state index in [1.807, 2.05) is 19.1 Å². The zero-order valence-electron chi connectivity index (χ0n) is 15.2.